The lowest BCUT2D eigenvalue weighted by atomic mass is 9.82. The molecular formula is C42H28. The van der Waals surface area contributed by atoms with Crippen LogP contribution < -0.4 is 0 Å². The van der Waals surface area contributed by atoms with Gasteiger partial charge in [-0.15, -0.1) is 0 Å². The molecule has 8 aromatic rings. The summed E-state index contributed by atoms with van der Waals surface area (Å²) in [4.78, 5) is 0. The van der Waals surface area contributed by atoms with Crippen molar-refractivity contribution in [3.63, 3.8) is 0 Å². The molecule has 42 heavy (non-hydrogen) atoms. The van der Waals surface area contributed by atoms with Gasteiger partial charge in [0.2, 0.25) is 0 Å². The van der Waals surface area contributed by atoms with E-state index in [-0.39, 0.29) is 0 Å². The normalized spacial score (nSPS) is 11.3. The second-order valence-electron chi connectivity index (χ2n) is 10.9. The summed E-state index contributed by atoms with van der Waals surface area (Å²) in [6, 6.07) is 61.8. The van der Waals surface area contributed by atoms with Crippen LogP contribution in [0, 0.1) is 0 Å². The molecule has 0 unspecified atom stereocenters. The fourth-order valence-corrected chi connectivity index (χ4v) is 6.50. The first-order valence-electron chi connectivity index (χ1n) is 14.5. The monoisotopic (exact) mass is 532 g/mol. The Hall–Kier alpha value is -5.46. The van der Waals surface area contributed by atoms with Crippen molar-refractivity contribution in [1.82, 2.24) is 0 Å². The van der Waals surface area contributed by atoms with Gasteiger partial charge in [0.15, 0.2) is 0 Å². The molecule has 0 heteroatoms. The average molecular weight is 533 g/mol. The van der Waals surface area contributed by atoms with Crippen molar-refractivity contribution in [2.75, 3.05) is 0 Å². The van der Waals surface area contributed by atoms with Crippen LogP contribution in [-0.4, -0.2) is 0 Å². The van der Waals surface area contributed by atoms with Gasteiger partial charge in [-0.2, -0.15) is 0 Å². The van der Waals surface area contributed by atoms with E-state index < -0.39 is 0 Å². The van der Waals surface area contributed by atoms with Crippen molar-refractivity contribution in [2.24, 2.45) is 0 Å². The smallest absolute Gasteiger partial charge is 0.00197 e. The largest absolute Gasteiger partial charge is 0.0622 e. The van der Waals surface area contributed by atoms with Crippen LogP contribution in [0.15, 0.2) is 170 Å². The lowest BCUT2D eigenvalue weighted by Gasteiger charge is -2.21. The Labute approximate surface area is 246 Å². The third-order valence-electron chi connectivity index (χ3n) is 8.43. The molecule has 8 aromatic carbocycles. The van der Waals surface area contributed by atoms with Gasteiger partial charge in [-0.05, 0) is 95.0 Å². The first-order valence-corrected chi connectivity index (χ1v) is 14.5. The van der Waals surface area contributed by atoms with E-state index in [0.29, 0.717) is 0 Å². The zero-order valence-electron chi connectivity index (χ0n) is 23.2. The molecule has 0 nitrogen and oxygen atoms in total. The van der Waals surface area contributed by atoms with Crippen LogP contribution in [0.1, 0.15) is 0 Å². The van der Waals surface area contributed by atoms with Crippen LogP contribution in [0.4, 0.5) is 0 Å². The minimum absolute atomic E-state index is 1.22. The highest BCUT2D eigenvalue weighted by atomic mass is 14.2. The van der Waals surface area contributed by atoms with E-state index in [0.717, 1.165) is 0 Å². The summed E-state index contributed by atoms with van der Waals surface area (Å²) in [7, 11) is 0. The van der Waals surface area contributed by atoms with Gasteiger partial charge in [0.25, 0.3) is 0 Å². The van der Waals surface area contributed by atoms with E-state index in [1.165, 1.54) is 76.8 Å². The van der Waals surface area contributed by atoms with Gasteiger partial charge in [-0.3, -0.25) is 0 Å². The van der Waals surface area contributed by atoms with Gasteiger partial charge in [0, 0.05) is 0 Å². The lowest BCUT2D eigenvalue weighted by molar-refractivity contribution is 1.58. The van der Waals surface area contributed by atoms with Crippen molar-refractivity contribution in [1.29, 1.82) is 0 Å². The SMILES string of the molecule is c1ccc(-c2ccc(-c3ccccc3)c(-c3c4ccccc4c(-c4ccccc4)c4cc5ccccc5cc34)c2)cc1. The Morgan fingerprint density at radius 3 is 1.33 bits per heavy atom. The minimum Gasteiger partial charge on any atom is -0.0622 e. The van der Waals surface area contributed by atoms with Crippen LogP contribution in [0.25, 0.3) is 76.8 Å². The van der Waals surface area contributed by atoms with E-state index in [1.807, 2.05) is 0 Å². The quantitative estimate of drug-likeness (QED) is 0.198. The Balaban J connectivity index is 1.57. The molecular weight excluding hydrogens is 504 g/mol. The van der Waals surface area contributed by atoms with Gasteiger partial charge in [0.1, 0.15) is 0 Å². The third-order valence-corrected chi connectivity index (χ3v) is 8.43. The maximum Gasteiger partial charge on any atom is -0.00197 e. The van der Waals surface area contributed by atoms with E-state index in [9.17, 15) is 0 Å². The predicted molar refractivity (Wildman–Crippen MR) is 181 cm³/mol. The van der Waals surface area contributed by atoms with Gasteiger partial charge in [-0.1, -0.05) is 152 Å². The van der Waals surface area contributed by atoms with Crippen molar-refractivity contribution in [2.45, 2.75) is 0 Å². The number of benzene rings is 8. The van der Waals surface area contributed by atoms with E-state index in [4.69, 9.17) is 0 Å². The molecule has 0 bridgehead atoms. The highest BCUT2D eigenvalue weighted by Gasteiger charge is 2.20. The molecule has 0 aliphatic heterocycles. The molecule has 0 saturated heterocycles. The molecule has 196 valence electrons. The summed E-state index contributed by atoms with van der Waals surface area (Å²) in [6.45, 7) is 0. The molecule has 8 rings (SSSR count). The zero-order chi connectivity index (χ0) is 27.9. The molecule has 0 N–H and O–H groups in total. The number of rotatable bonds is 4. The molecule has 0 radical (unpaired) electrons. The number of hydrogen-bond donors (Lipinski definition) is 0. The third kappa shape index (κ3) is 4.08. The van der Waals surface area contributed by atoms with Crippen LogP contribution in [0.5, 0.6) is 0 Å². The summed E-state index contributed by atoms with van der Waals surface area (Å²) < 4.78 is 0. The molecule has 0 fully saturated rings. The summed E-state index contributed by atoms with van der Waals surface area (Å²) in [5.74, 6) is 0. The van der Waals surface area contributed by atoms with Crippen molar-refractivity contribution < 1.29 is 0 Å². The fourth-order valence-electron chi connectivity index (χ4n) is 6.50. The number of fused-ring (bicyclic) bond motifs is 3. The Morgan fingerprint density at radius 2 is 0.714 bits per heavy atom. The number of hydrogen-bond acceptors (Lipinski definition) is 0. The summed E-state index contributed by atoms with van der Waals surface area (Å²) in [6.07, 6.45) is 0. The van der Waals surface area contributed by atoms with Crippen molar-refractivity contribution in [3.8, 4) is 44.5 Å². The van der Waals surface area contributed by atoms with Crippen LogP contribution >= 0.6 is 0 Å². The topological polar surface area (TPSA) is 0 Å². The van der Waals surface area contributed by atoms with Gasteiger partial charge in [0.05, 0.1) is 0 Å². The highest BCUT2D eigenvalue weighted by Crippen LogP contribution is 2.47. The van der Waals surface area contributed by atoms with Gasteiger partial charge < -0.3 is 0 Å². The van der Waals surface area contributed by atoms with Crippen molar-refractivity contribution in [3.05, 3.63) is 170 Å². The second-order valence-corrected chi connectivity index (χ2v) is 10.9. The molecule has 0 amide bonds. The van der Waals surface area contributed by atoms with Gasteiger partial charge >= 0.3 is 0 Å². The van der Waals surface area contributed by atoms with Crippen molar-refractivity contribution >= 4 is 32.3 Å². The highest BCUT2D eigenvalue weighted by molar-refractivity contribution is 6.24. The molecule has 0 aliphatic rings. The predicted octanol–water partition coefficient (Wildman–Crippen LogP) is 11.8. The molecule has 0 heterocycles. The molecule has 0 atom stereocenters. The summed E-state index contributed by atoms with van der Waals surface area (Å²) >= 11 is 0. The first kappa shape index (κ1) is 24.3. The molecule has 0 aromatic heterocycles. The van der Waals surface area contributed by atoms with E-state index in [2.05, 4.69) is 170 Å². The van der Waals surface area contributed by atoms with Crippen LogP contribution in [0.3, 0.4) is 0 Å². The van der Waals surface area contributed by atoms with Crippen LogP contribution in [-0.2, 0) is 0 Å². The maximum atomic E-state index is 2.41. The molecule has 0 spiro atoms. The molecule has 0 aliphatic carbocycles. The Morgan fingerprint density at radius 1 is 0.238 bits per heavy atom. The first-order chi connectivity index (χ1) is 20.8. The Bertz CT molecular complexity index is 2210. The Kier molecular flexibility index (Phi) is 5.90. The lowest BCUT2D eigenvalue weighted by Crippen LogP contribution is -1.94. The molecule has 0 saturated carbocycles. The standard InChI is InChI=1S/C42H28/c1-4-14-29(15-5-1)34-24-25-35(30-16-6-2-7-17-30)38(28-34)42-37-23-13-12-22-36(37)41(31-18-8-3-9-19-31)39-26-32-20-10-11-21-33(32)27-40(39)42/h1-28H. The summed E-state index contributed by atoms with van der Waals surface area (Å²) in [5.41, 5.74) is 9.95. The van der Waals surface area contributed by atoms with E-state index >= 15 is 0 Å². The average Bonchev–Trinajstić information content (AvgIpc) is 3.07. The second kappa shape index (κ2) is 10.2. The van der Waals surface area contributed by atoms with E-state index in [1.54, 1.807) is 0 Å². The summed E-state index contributed by atoms with van der Waals surface area (Å²) in [5, 5.41) is 7.59. The van der Waals surface area contributed by atoms with Gasteiger partial charge in [-0.25, -0.2) is 0 Å². The van der Waals surface area contributed by atoms with Crippen LogP contribution in [0.2, 0.25) is 0 Å². The fraction of sp³-hybridized carbons (Fsp3) is 0. The maximum absolute atomic E-state index is 2.41. The minimum atomic E-state index is 1.22. The zero-order valence-corrected chi connectivity index (χ0v) is 23.2.